The fourth-order valence-corrected chi connectivity index (χ4v) is 2.75. The van der Waals surface area contributed by atoms with E-state index in [1.54, 1.807) is 6.92 Å². The van der Waals surface area contributed by atoms with Crippen LogP contribution >= 0.6 is 22.6 Å². The van der Waals surface area contributed by atoms with Gasteiger partial charge in [-0.2, -0.15) is 24.3 Å². The van der Waals surface area contributed by atoms with Crippen LogP contribution in [0.4, 0.5) is 0 Å². The molecule has 3 aromatic rings. The SMILES string of the molecule is CC(=O)c1cc[c-](I)c1-c1ccccc1.[Fe+2].c1cc[cH-]c1. The van der Waals surface area contributed by atoms with Crippen molar-refractivity contribution in [3.8, 4) is 11.1 Å². The summed E-state index contributed by atoms with van der Waals surface area (Å²) < 4.78 is 1.13. The third kappa shape index (κ3) is 4.95. The van der Waals surface area contributed by atoms with Crippen molar-refractivity contribution in [2.75, 3.05) is 0 Å². The number of Topliss-reactive ketones (excluding diaryl/α,β-unsaturated/α-hetero) is 1. The summed E-state index contributed by atoms with van der Waals surface area (Å²) in [5, 5.41) is 0. The van der Waals surface area contributed by atoms with Crippen LogP contribution in [0.2, 0.25) is 0 Å². The van der Waals surface area contributed by atoms with Crippen LogP contribution in [0.5, 0.6) is 0 Å². The molecule has 0 heterocycles. The molecule has 0 spiro atoms. The van der Waals surface area contributed by atoms with Crippen LogP contribution in [0, 0.1) is 3.57 Å². The van der Waals surface area contributed by atoms with Crippen LogP contribution in [0.15, 0.2) is 72.8 Å². The van der Waals surface area contributed by atoms with Crippen molar-refractivity contribution in [3.05, 3.63) is 81.9 Å². The van der Waals surface area contributed by atoms with Gasteiger partial charge in [-0.25, -0.2) is 12.1 Å². The summed E-state index contributed by atoms with van der Waals surface area (Å²) in [7, 11) is 0. The van der Waals surface area contributed by atoms with Gasteiger partial charge in [-0.3, -0.25) is 0 Å². The largest absolute Gasteiger partial charge is 2.00 e. The van der Waals surface area contributed by atoms with Crippen molar-refractivity contribution in [3.63, 3.8) is 0 Å². The molecule has 0 fully saturated rings. The Morgan fingerprint density at radius 1 is 1.05 bits per heavy atom. The number of carbonyl (C=O) groups excluding carboxylic acids is 1. The van der Waals surface area contributed by atoms with Gasteiger partial charge in [0, 0.05) is 0 Å². The Kier molecular flexibility index (Phi) is 7.65. The minimum absolute atomic E-state index is 0. The number of halogens is 1. The number of rotatable bonds is 2. The van der Waals surface area contributed by atoms with Crippen molar-refractivity contribution >= 4 is 28.4 Å². The maximum atomic E-state index is 11.4. The van der Waals surface area contributed by atoms with Crippen LogP contribution in [0.25, 0.3) is 11.1 Å². The molecule has 0 aliphatic carbocycles. The Labute approximate surface area is 149 Å². The summed E-state index contributed by atoms with van der Waals surface area (Å²) in [6, 6.07) is 23.9. The number of carbonyl (C=O) groups is 1. The number of hydrogen-bond donors (Lipinski definition) is 0. The third-order valence-corrected chi connectivity index (χ3v) is 3.80. The molecule has 0 bridgehead atoms. The van der Waals surface area contributed by atoms with E-state index in [0.717, 1.165) is 20.3 Å². The summed E-state index contributed by atoms with van der Waals surface area (Å²) in [5.74, 6) is 0.122. The molecule has 0 saturated carbocycles. The Bertz CT molecular complexity index is 637. The zero-order valence-electron chi connectivity index (χ0n) is 11.6. The normalized spacial score (nSPS) is 9.24. The molecule has 0 saturated heterocycles. The van der Waals surface area contributed by atoms with E-state index in [1.807, 2.05) is 72.8 Å². The van der Waals surface area contributed by atoms with Crippen LogP contribution in [-0.4, -0.2) is 5.78 Å². The molecule has 3 heteroatoms. The average Bonchev–Trinajstić information content (AvgIpc) is 3.12. The number of benzene rings is 1. The minimum Gasteiger partial charge on any atom is -0.306 e. The third-order valence-electron chi connectivity index (χ3n) is 2.90. The number of ketones is 1. The summed E-state index contributed by atoms with van der Waals surface area (Å²) in [5.41, 5.74) is 2.98. The molecular weight excluding hydrogens is 415 g/mol. The van der Waals surface area contributed by atoms with Gasteiger partial charge in [-0.05, 0) is 6.92 Å². The van der Waals surface area contributed by atoms with Crippen molar-refractivity contribution in [2.45, 2.75) is 6.92 Å². The van der Waals surface area contributed by atoms with E-state index < -0.39 is 0 Å². The summed E-state index contributed by atoms with van der Waals surface area (Å²) in [6.45, 7) is 1.61. The molecule has 0 N–H and O–H groups in total. The molecule has 0 aliphatic rings. The van der Waals surface area contributed by atoms with Gasteiger partial charge in [-0.15, -0.1) is 34.2 Å². The quantitative estimate of drug-likeness (QED) is 0.234. The van der Waals surface area contributed by atoms with Gasteiger partial charge in [0.2, 0.25) is 0 Å². The second-order valence-electron chi connectivity index (χ2n) is 4.35. The van der Waals surface area contributed by atoms with Gasteiger partial charge >= 0.3 is 17.1 Å². The predicted octanol–water partition coefficient (Wildman–Crippen LogP) is 5.28. The molecule has 108 valence electrons. The second-order valence-corrected chi connectivity index (χ2v) is 5.52. The summed E-state index contributed by atoms with van der Waals surface area (Å²) >= 11 is 2.27. The maximum absolute atomic E-state index is 11.4. The van der Waals surface area contributed by atoms with Crippen LogP contribution in [0.3, 0.4) is 0 Å². The van der Waals surface area contributed by atoms with Crippen molar-refractivity contribution in [1.29, 1.82) is 0 Å². The maximum Gasteiger partial charge on any atom is 2.00 e. The van der Waals surface area contributed by atoms with E-state index in [1.165, 1.54) is 0 Å². The van der Waals surface area contributed by atoms with Gasteiger partial charge in [0.1, 0.15) is 5.78 Å². The molecule has 0 atom stereocenters. The molecule has 0 amide bonds. The molecule has 3 rings (SSSR count). The molecule has 3 aromatic carbocycles. The number of hydrogen-bond acceptors (Lipinski definition) is 1. The van der Waals surface area contributed by atoms with E-state index >= 15 is 0 Å². The van der Waals surface area contributed by atoms with E-state index in [0.29, 0.717) is 0 Å². The molecule has 0 aliphatic heterocycles. The summed E-state index contributed by atoms with van der Waals surface area (Å²) in [6.07, 6.45) is 0. The fourth-order valence-electron chi connectivity index (χ4n) is 1.96. The molecular formula is C18H15FeIO. The smallest absolute Gasteiger partial charge is 0.306 e. The van der Waals surface area contributed by atoms with Crippen molar-refractivity contribution in [2.24, 2.45) is 0 Å². The molecule has 0 unspecified atom stereocenters. The molecule has 0 aromatic heterocycles. The van der Waals surface area contributed by atoms with Gasteiger partial charge in [0.25, 0.3) is 0 Å². The standard InChI is InChI=1S/C13H10IO.C5H5.Fe/c1-9(15)11-7-8-12(14)13(11)10-5-3-2-4-6-10;1-2-4-5-3-1;/h2-8H,1H3;1-5H;/q2*-1;+2. The van der Waals surface area contributed by atoms with Gasteiger partial charge < -0.3 is 4.79 Å². The Balaban J connectivity index is 0.000000313. The fraction of sp³-hybridized carbons (Fsp3) is 0.0556. The van der Waals surface area contributed by atoms with Crippen LogP contribution < -0.4 is 0 Å². The van der Waals surface area contributed by atoms with E-state index in [2.05, 4.69) is 22.6 Å². The summed E-state index contributed by atoms with van der Waals surface area (Å²) in [4.78, 5) is 11.4. The zero-order valence-corrected chi connectivity index (χ0v) is 14.8. The minimum atomic E-state index is 0. The monoisotopic (exact) mass is 430 g/mol. The molecule has 0 radical (unpaired) electrons. The van der Waals surface area contributed by atoms with E-state index in [4.69, 9.17) is 0 Å². The first-order chi connectivity index (χ1) is 9.70. The Hall–Kier alpha value is -1.16. The van der Waals surface area contributed by atoms with Gasteiger partial charge in [-0.1, -0.05) is 45.0 Å². The predicted molar refractivity (Wildman–Crippen MR) is 92.2 cm³/mol. The van der Waals surface area contributed by atoms with Crippen LogP contribution in [-0.2, 0) is 17.1 Å². The first-order valence-electron chi connectivity index (χ1n) is 6.38. The zero-order chi connectivity index (χ0) is 14.4. The van der Waals surface area contributed by atoms with E-state index in [-0.39, 0.29) is 22.9 Å². The first-order valence-corrected chi connectivity index (χ1v) is 7.46. The van der Waals surface area contributed by atoms with Crippen LogP contribution in [0.1, 0.15) is 17.3 Å². The first kappa shape index (κ1) is 17.9. The Morgan fingerprint density at radius 2 is 1.67 bits per heavy atom. The second kappa shape index (κ2) is 8.98. The van der Waals surface area contributed by atoms with Crippen molar-refractivity contribution in [1.82, 2.24) is 0 Å². The van der Waals surface area contributed by atoms with Gasteiger partial charge in [0.15, 0.2) is 0 Å². The topological polar surface area (TPSA) is 17.1 Å². The molecule has 21 heavy (non-hydrogen) atoms. The van der Waals surface area contributed by atoms with Crippen molar-refractivity contribution < 1.29 is 21.9 Å². The molecule has 1 nitrogen and oxygen atoms in total. The Morgan fingerprint density at radius 3 is 2.14 bits per heavy atom. The average molecular weight is 430 g/mol. The van der Waals surface area contributed by atoms with Gasteiger partial charge in [0.05, 0.1) is 0 Å². The van der Waals surface area contributed by atoms with E-state index in [9.17, 15) is 4.79 Å².